The van der Waals surface area contributed by atoms with E-state index < -0.39 is 23.9 Å². The maximum atomic E-state index is 12.8. The largest absolute Gasteiger partial charge is 0.573 e. The van der Waals surface area contributed by atoms with Crippen LogP contribution in [0.3, 0.4) is 0 Å². The molecule has 0 saturated carbocycles. The lowest BCUT2D eigenvalue weighted by Crippen LogP contribution is -2.33. The van der Waals surface area contributed by atoms with Crippen molar-refractivity contribution in [3.8, 4) is 5.75 Å². The number of hydrogen-bond donors (Lipinski definition) is 1. The Balaban J connectivity index is 1.99. The Bertz CT molecular complexity index is 924. The summed E-state index contributed by atoms with van der Waals surface area (Å²) >= 11 is 0. The fourth-order valence-electron chi connectivity index (χ4n) is 2.91. The minimum atomic E-state index is -4.83. The highest BCUT2D eigenvalue weighted by Gasteiger charge is 2.38. The Morgan fingerprint density at radius 2 is 1.71 bits per heavy atom. The van der Waals surface area contributed by atoms with Gasteiger partial charge in [0.05, 0.1) is 5.57 Å². The van der Waals surface area contributed by atoms with E-state index in [1.54, 1.807) is 30.3 Å². The lowest BCUT2D eigenvalue weighted by molar-refractivity contribution is -0.274. The summed E-state index contributed by atoms with van der Waals surface area (Å²) in [6.45, 7) is 2.09. The smallest absolute Gasteiger partial charge is 0.406 e. The van der Waals surface area contributed by atoms with E-state index in [-0.39, 0.29) is 23.5 Å². The van der Waals surface area contributed by atoms with Gasteiger partial charge in [0.1, 0.15) is 11.4 Å². The number of anilines is 1. The first-order valence-electron chi connectivity index (χ1n) is 8.59. The maximum Gasteiger partial charge on any atom is 0.573 e. The molecule has 0 aliphatic carbocycles. The fraction of sp³-hybridized carbons (Fsp3) is 0.200. The van der Waals surface area contributed by atoms with Gasteiger partial charge in [-0.25, -0.2) is 0 Å². The molecule has 2 amide bonds. The molecule has 1 N–H and O–H groups in total. The van der Waals surface area contributed by atoms with Crippen molar-refractivity contribution in [3.63, 3.8) is 0 Å². The first-order chi connectivity index (χ1) is 13.3. The third-order valence-corrected chi connectivity index (χ3v) is 4.01. The first-order valence-corrected chi connectivity index (χ1v) is 8.59. The zero-order valence-electron chi connectivity index (χ0n) is 14.9. The molecule has 0 unspecified atom stereocenters. The molecule has 2 aromatic carbocycles. The van der Waals surface area contributed by atoms with Crippen molar-refractivity contribution in [2.45, 2.75) is 19.7 Å². The van der Waals surface area contributed by atoms with E-state index in [9.17, 15) is 22.8 Å². The molecule has 0 saturated heterocycles. The molecule has 28 heavy (non-hydrogen) atoms. The van der Waals surface area contributed by atoms with Gasteiger partial charge in [0.15, 0.2) is 0 Å². The summed E-state index contributed by atoms with van der Waals surface area (Å²) in [5.41, 5.74) is 0.948. The van der Waals surface area contributed by atoms with Gasteiger partial charge in [-0.1, -0.05) is 43.3 Å². The number of nitrogens with zero attached hydrogens (tertiary/aromatic N) is 1. The van der Waals surface area contributed by atoms with Crippen LogP contribution in [0.25, 0.3) is 5.57 Å². The molecule has 8 heteroatoms. The molecule has 0 aromatic heterocycles. The molecular formula is C20H17F3N2O3. The van der Waals surface area contributed by atoms with Gasteiger partial charge >= 0.3 is 6.36 Å². The van der Waals surface area contributed by atoms with Gasteiger partial charge in [0, 0.05) is 18.3 Å². The van der Waals surface area contributed by atoms with Crippen LogP contribution in [0.2, 0.25) is 0 Å². The van der Waals surface area contributed by atoms with Crippen LogP contribution < -0.4 is 10.1 Å². The quantitative estimate of drug-likeness (QED) is 0.752. The number of hydrogen-bond acceptors (Lipinski definition) is 4. The van der Waals surface area contributed by atoms with E-state index in [2.05, 4.69) is 10.1 Å². The SMILES string of the molecule is CCCN1C(=O)C(Nc2cccc(OC(F)(F)F)c2)=C(c2ccccc2)C1=O. The van der Waals surface area contributed by atoms with Crippen LogP contribution in [0.1, 0.15) is 18.9 Å². The highest BCUT2D eigenvalue weighted by molar-refractivity contribution is 6.36. The van der Waals surface area contributed by atoms with E-state index in [0.717, 1.165) is 17.0 Å². The highest BCUT2D eigenvalue weighted by Crippen LogP contribution is 2.32. The number of alkyl halides is 3. The average molecular weight is 390 g/mol. The van der Waals surface area contributed by atoms with Crippen molar-refractivity contribution in [2.24, 2.45) is 0 Å². The van der Waals surface area contributed by atoms with Crippen LogP contribution in [-0.4, -0.2) is 29.6 Å². The summed E-state index contributed by atoms with van der Waals surface area (Å²) < 4.78 is 41.3. The summed E-state index contributed by atoms with van der Waals surface area (Å²) in [6.07, 6.45) is -4.24. The molecule has 0 radical (unpaired) electrons. The molecule has 3 rings (SSSR count). The van der Waals surface area contributed by atoms with Crippen molar-refractivity contribution in [2.75, 3.05) is 11.9 Å². The van der Waals surface area contributed by atoms with Crippen molar-refractivity contribution in [3.05, 3.63) is 65.9 Å². The van der Waals surface area contributed by atoms with E-state index in [4.69, 9.17) is 0 Å². The van der Waals surface area contributed by atoms with Crippen LogP contribution >= 0.6 is 0 Å². The second-order valence-corrected chi connectivity index (χ2v) is 6.08. The molecule has 1 aliphatic heterocycles. The Hall–Kier alpha value is -3.29. The zero-order valence-corrected chi connectivity index (χ0v) is 14.9. The topological polar surface area (TPSA) is 58.6 Å². The number of amides is 2. The van der Waals surface area contributed by atoms with E-state index in [1.807, 2.05) is 6.92 Å². The van der Waals surface area contributed by atoms with Crippen molar-refractivity contribution in [1.82, 2.24) is 4.90 Å². The van der Waals surface area contributed by atoms with Crippen LogP contribution in [0.5, 0.6) is 5.75 Å². The van der Waals surface area contributed by atoms with Crippen molar-refractivity contribution < 1.29 is 27.5 Å². The van der Waals surface area contributed by atoms with Crippen LogP contribution in [0.4, 0.5) is 18.9 Å². The number of halogens is 3. The molecule has 0 fully saturated rings. The molecule has 146 valence electrons. The normalized spacial score (nSPS) is 14.6. The predicted molar refractivity (Wildman–Crippen MR) is 97.1 cm³/mol. The monoisotopic (exact) mass is 390 g/mol. The molecule has 0 bridgehead atoms. The van der Waals surface area contributed by atoms with E-state index >= 15 is 0 Å². The van der Waals surface area contributed by atoms with Gasteiger partial charge in [-0.15, -0.1) is 13.2 Å². The Morgan fingerprint density at radius 3 is 2.36 bits per heavy atom. The zero-order chi connectivity index (χ0) is 20.3. The number of rotatable bonds is 6. The van der Waals surface area contributed by atoms with Gasteiger partial charge in [-0.3, -0.25) is 14.5 Å². The fourth-order valence-corrected chi connectivity index (χ4v) is 2.91. The van der Waals surface area contributed by atoms with Gasteiger partial charge in [0.2, 0.25) is 0 Å². The lowest BCUT2D eigenvalue weighted by atomic mass is 10.0. The van der Waals surface area contributed by atoms with Crippen molar-refractivity contribution >= 4 is 23.1 Å². The molecule has 2 aromatic rings. The molecule has 1 aliphatic rings. The molecule has 5 nitrogen and oxygen atoms in total. The number of ether oxygens (including phenoxy) is 1. The predicted octanol–water partition coefficient (Wildman–Crippen LogP) is 4.19. The lowest BCUT2D eigenvalue weighted by Gasteiger charge is -2.14. The Kier molecular flexibility index (Phi) is 5.39. The van der Waals surface area contributed by atoms with Crippen LogP contribution in [0.15, 0.2) is 60.3 Å². The van der Waals surface area contributed by atoms with Crippen LogP contribution in [0, 0.1) is 0 Å². The second-order valence-electron chi connectivity index (χ2n) is 6.08. The number of carbonyl (C=O) groups excluding carboxylic acids is 2. The van der Waals surface area contributed by atoms with Crippen LogP contribution in [-0.2, 0) is 9.59 Å². The van der Waals surface area contributed by atoms with Gasteiger partial charge in [0.25, 0.3) is 11.8 Å². The minimum Gasteiger partial charge on any atom is -0.406 e. The summed E-state index contributed by atoms with van der Waals surface area (Å²) in [5, 5.41) is 2.80. The second kappa shape index (κ2) is 7.75. The minimum absolute atomic E-state index is 0.0220. The standard InChI is InChI=1S/C20H17F3N2O3/c1-2-11-25-18(26)16(13-7-4-3-5-8-13)17(19(25)27)24-14-9-6-10-15(12-14)28-20(21,22)23/h3-10,12,24H,2,11H2,1H3. The van der Waals surface area contributed by atoms with E-state index in [0.29, 0.717) is 12.0 Å². The van der Waals surface area contributed by atoms with Gasteiger partial charge in [-0.2, -0.15) is 0 Å². The Morgan fingerprint density at radius 1 is 1.00 bits per heavy atom. The summed E-state index contributed by atoms with van der Waals surface area (Å²) in [7, 11) is 0. The number of imide groups is 1. The first kappa shape index (κ1) is 19.5. The number of benzene rings is 2. The molecule has 1 heterocycles. The maximum absolute atomic E-state index is 12.8. The molecule has 0 spiro atoms. The van der Waals surface area contributed by atoms with E-state index in [1.165, 1.54) is 12.1 Å². The summed E-state index contributed by atoms with van der Waals surface area (Å²) in [4.78, 5) is 26.7. The highest BCUT2D eigenvalue weighted by atomic mass is 19.4. The van der Waals surface area contributed by atoms with Crippen molar-refractivity contribution in [1.29, 1.82) is 0 Å². The Labute approximate surface area is 159 Å². The average Bonchev–Trinajstić information content (AvgIpc) is 2.86. The number of nitrogens with one attached hydrogen (secondary N) is 1. The molecule has 0 atom stereocenters. The summed E-state index contributed by atoms with van der Waals surface area (Å²) in [6, 6.07) is 13.7. The molecular weight excluding hydrogens is 373 g/mol. The summed E-state index contributed by atoms with van der Waals surface area (Å²) in [5.74, 6) is -1.39. The van der Waals surface area contributed by atoms with Gasteiger partial charge in [-0.05, 0) is 24.1 Å². The third kappa shape index (κ3) is 4.16. The number of carbonyl (C=O) groups is 2. The van der Waals surface area contributed by atoms with Gasteiger partial charge < -0.3 is 10.1 Å². The third-order valence-electron chi connectivity index (χ3n) is 4.01.